The molecule has 0 aliphatic rings. The van der Waals surface area contributed by atoms with Crippen LogP contribution in [0.4, 0.5) is 0 Å². The molecule has 0 spiro atoms. The maximum atomic E-state index is 11.8. The van der Waals surface area contributed by atoms with E-state index in [-0.39, 0.29) is 28.1 Å². The summed E-state index contributed by atoms with van der Waals surface area (Å²) in [4.78, 5) is -0.0125. The van der Waals surface area contributed by atoms with Crippen molar-refractivity contribution in [2.45, 2.75) is 11.0 Å². The number of benzene rings is 1. The summed E-state index contributed by atoms with van der Waals surface area (Å²) in [5.41, 5.74) is 0. The lowest BCUT2D eigenvalue weighted by Crippen LogP contribution is -2.34. The molecule has 0 aliphatic carbocycles. The molecule has 0 aromatic heterocycles. The van der Waals surface area contributed by atoms with E-state index in [4.69, 9.17) is 23.2 Å². The Kier molecular flexibility index (Phi) is 5.84. The van der Waals surface area contributed by atoms with Crippen LogP contribution in [0.25, 0.3) is 0 Å². The molecule has 0 bridgehead atoms. The first-order valence-electron chi connectivity index (χ1n) is 4.98. The lowest BCUT2D eigenvalue weighted by atomic mass is 10.4. The highest BCUT2D eigenvalue weighted by atomic mass is 35.5. The number of methoxy groups -OCH3 is 1. The number of halogens is 2. The Balaban J connectivity index is 2.77. The van der Waals surface area contributed by atoms with Crippen LogP contribution in [0.15, 0.2) is 23.1 Å². The summed E-state index contributed by atoms with van der Waals surface area (Å²) in [5, 5.41) is 9.78. The van der Waals surface area contributed by atoms with Crippen molar-refractivity contribution in [1.29, 1.82) is 0 Å². The summed E-state index contributed by atoms with van der Waals surface area (Å²) in [7, 11) is -2.31. The van der Waals surface area contributed by atoms with Crippen molar-refractivity contribution in [2.75, 3.05) is 20.3 Å². The van der Waals surface area contributed by atoms with Gasteiger partial charge in [0.05, 0.1) is 27.7 Å². The molecule has 0 saturated heterocycles. The Morgan fingerprint density at radius 3 is 2.61 bits per heavy atom. The van der Waals surface area contributed by atoms with E-state index in [0.29, 0.717) is 0 Å². The second-order valence-corrected chi connectivity index (χ2v) is 6.12. The first-order chi connectivity index (χ1) is 8.36. The zero-order valence-electron chi connectivity index (χ0n) is 9.56. The fraction of sp³-hybridized carbons (Fsp3) is 0.400. The number of nitrogens with one attached hydrogen (secondary N) is 1. The highest BCUT2D eigenvalue weighted by molar-refractivity contribution is 7.89. The van der Waals surface area contributed by atoms with Crippen molar-refractivity contribution in [1.82, 2.24) is 4.72 Å². The number of sulfonamides is 1. The monoisotopic (exact) mass is 313 g/mol. The SMILES string of the molecule is COCC(O)CNS(=O)(=O)c1ccc(Cl)c(Cl)c1. The van der Waals surface area contributed by atoms with Gasteiger partial charge in [0.1, 0.15) is 0 Å². The van der Waals surface area contributed by atoms with Gasteiger partial charge >= 0.3 is 0 Å². The highest BCUT2D eigenvalue weighted by Gasteiger charge is 2.16. The molecule has 1 unspecified atom stereocenters. The minimum atomic E-state index is -3.72. The second-order valence-electron chi connectivity index (χ2n) is 3.54. The van der Waals surface area contributed by atoms with Crippen LogP contribution in [-0.4, -0.2) is 39.9 Å². The zero-order valence-corrected chi connectivity index (χ0v) is 11.9. The summed E-state index contributed by atoms with van der Waals surface area (Å²) in [6.45, 7) is -0.0969. The third kappa shape index (κ3) is 4.38. The van der Waals surface area contributed by atoms with Gasteiger partial charge in [-0.15, -0.1) is 0 Å². The van der Waals surface area contributed by atoms with Gasteiger partial charge in [-0.25, -0.2) is 13.1 Å². The summed E-state index contributed by atoms with van der Waals surface area (Å²) in [5.74, 6) is 0. The van der Waals surface area contributed by atoms with Gasteiger partial charge in [-0.1, -0.05) is 23.2 Å². The lowest BCUT2D eigenvalue weighted by Gasteiger charge is -2.11. The summed E-state index contributed by atoms with van der Waals surface area (Å²) >= 11 is 11.4. The smallest absolute Gasteiger partial charge is 0.240 e. The van der Waals surface area contributed by atoms with Crippen molar-refractivity contribution >= 4 is 33.2 Å². The summed E-state index contributed by atoms with van der Waals surface area (Å²) < 4.78 is 30.6. The molecule has 2 N–H and O–H groups in total. The van der Waals surface area contributed by atoms with E-state index in [0.717, 1.165) is 0 Å². The molecule has 1 atom stereocenters. The van der Waals surface area contributed by atoms with Crippen LogP contribution in [0.2, 0.25) is 10.0 Å². The van der Waals surface area contributed by atoms with Crippen molar-refractivity contribution in [3.63, 3.8) is 0 Å². The van der Waals surface area contributed by atoms with Gasteiger partial charge in [0.2, 0.25) is 10.0 Å². The molecule has 0 heterocycles. The van der Waals surface area contributed by atoms with E-state index in [9.17, 15) is 13.5 Å². The van der Waals surface area contributed by atoms with Crippen LogP contribution >= 0.6 is 23.2 Å². The van der Waals surface area contributed by atoms with E-state index >= 15 is 0 Å². The van der Waals surface area contributed by atoms with Crippen LogP contribution in [0.3, 0.4) is 0 Å². The Bertz CT molecular complexity index is 507. The van der Waals surface area contributed by atoms with Crippen LogP contribution in [0.5, 0.6) is 0 Å². The number of rotatable bonds is 6. The number of aliphatic hydroxyl groups is 1. The van der Waals surface area contributed by atoms with E-state index < -0.39 is 16.1 Å². The molecule has 18 heavy (non-hydrogen) atoms. The normalized spacial score (nSPS) is 13.6. The van der Waals surface area contributed by atoms with Gasteiger partial charge in [0.15, 0.2) is 0 Å². The van der Waals surface area contributed by atoms with E-state index in [1.165, 1.54) is 25.3 Å². The van der Waals surface area contributed by atoms with E-state index in [1.807, 2.05) is 0 Å². The molecule has 8 heteroatoms. The van der Waals surface area contributed by atoms with Crippen LogP contribution < -0.4 is 4.72 Å². The van der Waals surface area contributed by atoms with E-state index in [2.05, 4.69) is 9.46 Å². The minimum Gasteiger partial charge on any atom is -0.389 e. The molecule has 1 rings (SSSR count). The molecular formula is C10H13Cl2NO4S. The first-order valence-corrected chi connectivity index (χ1v) is 7.22. The largest absolute Gasteiger partial charge is 0.389 e. The summed E-state index contributed by atoms with van der Waals surface area (Å²) in [6, 6.07) is 3.97. The quantitative estimate of drug-likeness (QED) is 0.829. The maximum Gasteiger partial charge on any atom is 0.240 e. The predicted molar refractivity (Wildman–Crippen MR) is 69.5 cm³/mol. The Hall–Kier alpha value is -0.370. The molecule has 1 aromatic carbocycles. The molecule has 0 amide bonds. The fourth-order valence-corrected chi connectivity index (χ4v) is 2.65. The number of aliphatic hydroxyl groups excluding tert-OH is 1. The molecular weight excluding hydrogens is 301 g/mol. The van der Waals surface area contributed by atoms with Crippen molar-refractivity contribution in [3.05, 3.63) is 28.2 Å². The van der Waals surface area contributed by atoms with Crippen LogP contribution in [-0.2, 0) is 14.8 Å². The third-order valence-corrected chi connectivity index (χ3v) is 4.23. The molecule has 0 radical (unpaired) electrons. The summed E-state index contributed by atoms with van der Waals surface area (Å²) in [6.07, 6.45) is -0.910. The molecule has 0 saturated carbocycles. The first kappa shape index (κ1) is 15.7. The predicted octanol–water partition coefficient (Wildman–Crippen LogP) is 1.28. The Morgan fingerprint density at radius 1 is 1.39 bits per heavy atom. The molecule has 0 fully saturated rings. The molecule has 5 nitrogen and oxygen atoms in total. The molecule has 102 valence electrons. The van der Waals surface area contributed by atoms with Gasteiger partial charge in [-0.2, -0.15) is 0 Å². The second kappa shape index (κ2) is 6.70. The van der Waals surface area contributed by atoms with Crippen molar-refractivity contribution in [3.8, 4) is 0 Å². The Morgan fingerprint density at radius 2 is 2.06 bits per heavy atom. The highest BCUT2D eigenvalue weighted by Crippen LogP contribution is 2.24. The molecule has 1 aromatic rings. The van der Waals surface area contributed by atoms with Gasteiger partial charge in [-0.3, -0.25) is 0 Å². The lowest BCUT2D eigenvalue weighted by molar-refractivity contribution is 0.0679. The standard InChI is InChI=1S/C10H13Cl2NO4S/c1-17-6-7(14)5-13-18(15,16)8-2-3-9(11)10(12)4-8/h2-4,7,13-14H,5-6H2,1H3. The van der Waals surface area contributed by atoms with Gasteiger partial charge in [0, 0.05) is 13.7 Å². The topological polar surface area (TPSA) is 75.6 Å². The number of hydrogen-bond acceptors (Lipinski definition) is 4. The fourth-order valence-electron chi connectivity index (χ4n) is 1.18. The van der Waals surface area contributed by atoms with E-state index in [1.54, 1.807) is 0 Å². The zero-order chi connectivity index (χ0) is 13.8. The number of hydrogen-bond donors (Lipinski definition) is 2. The Labute approximate surface area is 116 Å². The van der Waals surface area contributed by atoms with Crippen LogP contribution in [0, 0.1) is 0 Å². The van der Waals surface area contributed by atoms with Gasteiger partial charge < -0.3 is 9.84 Å². The van der Waals surface area contributed by atoms with Crippen LogP contribution in [0.1, 0.15) is 0 Å². The minimum absolute atomic E-state index is 0.0125. The molecule has 0 aliphatic heterocycles. The van der Waals surface area contributed by atoms with Gasteiger partial charge in [-0.05, 0) is 18.2 Å². The van der Waals surface area contributed by atoms with Gasteiger partial charge in [0.25, 0.3) is 0 Å². The average Bonchev–Trinajstić information content (AvgIpc) is 2.30. The maximum absolute atomic E-state index is 11.8. The van der Waals surface area contributed by atoms with Crippen molar-refractivity contribution < 1.29 is 18.3 Å². The van der Waals surface area contributed by atoms with Crippen molar-refractivity contribution in [2.24, 2.45) is 0 Å². The average molecular weight is 314 g/mol. The third-order valence-electron chi connectivity index (χ3n) is 2.07. The number of ether oxygens (including phenoxy) is 1.